The fourth-order valence-electron chi connectivity index (χ4n) is 2.52. The van der Waals surface area contributed by atoms with Gasteiger partial charge in [0.25, 0.3) is 0 Å². The van der Waals surface area contributed by atoms with E-state index in [2.05, 4.69) is 31.3 Å². The van der Waals surface area contributed by atoms with Crippen LogP contribution in [0, 0.1) is 16.7 Å². The second-order valence-corrected chi connectivity index (χ2v) is 5.71. The molecule has 1 aliphatic carbocycles. The molecular weight excluding hydrogens is 258 g/mol. The summed E-state index contributed by atoms with van der Waals surface area (Å²) in [4.78, 5) is 1.67. The van der Waals surface area contributed by atoms with Crippen molar-refractivity contribution in [2.24, 2.45) is 5.41 Å². The molecule has 0 amide bonds. The molecule has 0 saturated heterocycles. The molecule has 1 aromatic carbocycles. The van der Waals surface area contributed by atoms with Crippen molar-refractivity contribution in [3.05, 3.63) is 40.8 Å². The quantitative estimate of drug-likeness (QED) is 0.752. The molecule has 1 nitrogen and oxygen atoms in total. The van der Waals surface area contributed by atoms with E-state index in [4.69, 9.17) is 0 Å². The predicted octanol–water partition coefficient (Wildman–Crippen LogP) is 4.69. The molecule has 1 aromatic rings. The van der Waals surface area contributed by atoms with E-state index in [1.807, 2.05) is 30.3 Å². The maximum Gasteiger partial charge on any atom is 0.0889 e. The van der Waals surface area contributed by atoms with Gasteiger partial charge in [0, 0.05) is 9.81 Å². The number of rotatable bonds is 2. The van der Waals surface area contributed by atoms with Crippen molar-refractivity contribution in [1.82, 2.24) is 0 Å². The van der Waals surface area contributed by atoms with Gasteiger partial charge < -0.3 is 0 Å². The van der Waals surface area contributed by atoms with E-state index >= 15 is 0 Å². The lowest BCUT2D eigenvalue weighted by atomic mass is 9.74. The molecule has 0 aliphatic heterocycles. The lowest BCUT2D eigenvalue weighted by Crippen LogP contribution is -2.23. The van der Waals surface area contributed by atoms with Crippen molar-refractivity contribution in [2.45, 2.75) is 32.1 Å². The van der Waals surface area contributed by atoms with Crippen LogP contribution in [0.25, 0.3) is 4.91 Å². The fourth-order valence-corrected chi connectivity index (χ4v) is 3.28. The second-order valence-electron chi connectivity index (χ2n) is 4.82. The number of allylic oxidation sites excluding steroid dienone is 1. The highest BCUT2D eigenvalue weighted by molar-refractivity contribution is 7.93. The zero-order valence-corrected chi connectivity index (χ0v) is 12.1. The number of thiol groups is 2. The Bertz CT molecular complexity index is 479. The highest BCUT2D eigenvalue weighted by Crippen LogP contribution is 2.47. The third kappa shape index (κ3) is 2.60. The Kier molecular flexibility index (Phi) is 4.42. The summed E-state index contributed by atoms with van der Waals surface area (Å²) >= 11 is 9.21. The van der Waals surface area contributed by atoms with E-state index in [0.717, 1.165) is 41.1 Å². The van der Waals surface area contributed by atoms with Crippen molar-refractivity contribution in [2.75, 3.05) is 0 Å². The average molecular weight is 275 g/mol. The SMILES string of the molecule is N#CC1(/C(S)=C(/S)c2ccccc2)CCCCC1. The van der Waals surface area contributed by atoms with Crippen molar-refractivity contribution < 1.29 is 0 Å². The fraction of sp³-hybridized carbons (Fsp3) is 0.400. The number of hydrogen-bond acceptors (Lipinski definition) is 3. The Balaban J connectivity index is 2.39. The van der Waals surface area contributed by atoms with Gasteiger partial charge in [-0.25, -0.2) is 0 Å². The molecule has 1 saturated carbocycles. The molecule has 94 valence electrons. The summed E-state index contributed by atoms with van der Waals surface area (Å²) in [5.41, 5.74) is 0.611. The van der Waals surface area contributed by atoms with Crippen LogP contribution in [0.15, 0.2) is 35.2 Å². The van der Waals surface area contributed by atoms with Gasteiger partial charge in [0.2, 0.25) is 0 Å². The van der Waals surface area contributed by atoms with Crippen LogP contribution in [-0.2, 0) is 0 Å². The molecule has 0 spiro atoms. The molecule has 0 atom stereocenters. The molecule has 0 aromatic heterocycles. The van der Waals surface area contributed by atoms with Crippen molar-refractivity contribution in [3.8, 4) is 6.07 Å². The summed E-state index contributed by atoms with van der Waals surface area (Å²) in [7, 11) is 0. The molecule has 1 aliphatic rings. The lowest BCUT2D eigenvalue weighted by molar-refractivity contribution is 0.332. The molecule has 18 heavy (non-hydrogen) atoms. The molecule has 1 fully saturated rings. The van der Waals surface area contributed by atoms with Gasteiger partial charge >= 0.3 is 0 Å². The van der Waals surface area contributed by atoms with E-state index < -0.39 is 5.41 Å². The molecule has 0 heterocycles. The molecule has 0 bridgehead atoms. The molecular formula is C15H17NS2. The normalized spacial score (nSPS) is 19.8. The van der Waals surface area contributed by atoms with Crippen LogP contribution in [0.5, 0.6) is 0 Å². The summed E-state index contributed by atoms with van der Waals surface area (Å²) in [5, 5.41) is 9.54. The van der Waals surface area contributed by atoms with Crippen LogP contribution in [0.3, 0.4) is 0 Å². The van der Waals surface area contributed by atoms with Crippen molar-refractivity contribution in [3.63, 3.8) is 0 Å². The Morgan fingerprint density at radius 3 is 2.22 bits per heavy atom. The van der Waals surface area contributed by atoms with Gasteiger partial charge in [0.1, 0.15) is 0 Å². The monoisotopic (exact) mass is 275 g/mol. The Labute approximate surface area is 120 Å². The maximum absolute atomic E-state index is 9.54. The van der Waals surface area contributed by atoms with Gasteiger partial charge in [-0.05, 0) is 18.4 Å². The number of nitriles is 1. The molecule has 2 rings (SSSR count). The zero-order chi connectivity index (χ0) is 13.0. The molecule has 0 unspecified atom stereocenters. The topological polar surface area (TPSA) is 23.8 Å². The van der Waals surface area contributed by atoms with Gasteiger partial charge in [0.05, 0.1) is 11.5 Å². The third-order valence-corrected chi connectivity index (χ3v) is 4.96. The van der Waals surface area contributed by atoms with Gasteiger partial charge in [-0.1, -0.05) is 49.6 Å². The standard InChI is InChI=1S/C15H17NS2/c16-11-15(9-5-2-6-10-15)14(18)13(17)12-7-3-1-4-8-12/h1,3-4,7-8,17-18H,2,5-6,9-10H2/b14-13-. The van der Waals surface area contributed by atoms with Crippen LogP contribution in [0.2, 0.25) is 0 Å². The minimum Gasteiger partial charge on any atom is -0.197 e. The highest BCUT2D eigenvalue weighted by atomic mass is 32.1. The summed E-state index contributed by atoms with van der Waals surface area (Å²) in [5.74, 6) is 0. The molecule has 3 heteroatoms. The number of benzene rings is 1. The van der Waals surface area contributed by atoms with Crippen molar-refractivity contribution >= 4 is 30.2 Å². The van der Waals surface area contributed by atoms with Gasteiger partial charge in [-0.2, -0.15) is 5.26 Å². The van der Waals surface area contributed by atoms with E-state index in [-0.39, 0.29) is 0 Å². The van der Waals surface area contributed by atoms with E-state index in [1.165, 1.54) is 6.42 Å². The smallest absolute Gasteiger partial charge is 0.0889 e. The highest BCUT2D eigenvalue weighted by Gasteiger charge is 2.36. The summed E-state index contributed by atoms with van der Waals surface area (Å²) < 4.78 is 0. The second kappa shape index (κ2) is 5.86. The Morgan fingerprint density at radius 2 is 1.67 bits per heavy atom. The Hall–Kier alpha value is -0.850. The predicted molar refractivity (Wildman–Crippen MR) is 82.5 cm³/mol. The first-order chi connectivity index (χ1) is 8.69. The third-order valence-electron chi connectivity index (χ3n) is 3.65. The Morgan fingerprint density at radius 1 is 1.06 bits per heavy atom. The number of hydrogen-bond donors (Lipinski definition) is 2. The lowest BCUT2D eigenvalue weighted by Gasteiger charge is -2.32. The molecule has 0 radical (unpaired) electrons. The molecule has 0 N–H and O–H groups in total. The summed E-state index contributed by atoms with van der Waals surface area (Å²) in [6, 6.07) is 12.4. The van der Waals surface area contributed by atoms with E-state index in [9.17, 15) is 5.26 Å². The first-order valence-electron chi connectivity index (χ1n) is 6.29. The summed E-state index contributed by atoms with van der Waals surface area (Å²) in [6.07, 6.45) is 5.23. The van der Waals surface area contributed by atoms with Gasteiger partial charge in [-0.15, -0.1) is 25.3 Å². The van der Waals surface area contributed by atoms with Gasteiger partial charge in [-0.3, -0.25) is 0 Å². The first kappa shape index (κ1) is 13.6. The minimum absolute atomic E-state index is 0.422. The zero-order valence-electron chi connectivity index (χ0n) is 10.3. The van der Waals surface area contributed by atoms with E-state index in [1.54, 1.807) is 0 Å². The van der Waals surface area contributed by atoms with Crippen LogP contribution >= 0.6 is 25.3 Å². The number of nitrogens with zero attached hydrogens (tertiary/aromatic N) is 1. The van der Waals surface area contributed by atoms with Gasteiger partial charge in [0.15, 0.2) is 0 Å². The van der Waals surface area contributed by atoms with Crippen LogP contribution in [0.1, 0.15) is 37.7 Å². The van der Waals surface area contributed by atoms with Crippen molar-refractivity contribution in [1.29, 1.82) is 5.26 Å². The summed E-state index contributed by atoms with van der Waals surface area (Å²) in [6.45, 7) is 0. The van der Waals surface area contributed by atoms with Crippen LogP contribution < -0.4 is 0 Å². The van der Waals surface area contributed by atoms with Crippen LogP contribution in [0.4, 0.5) is 0 Å². The van der Waals surface area contributed by atoms with Crippen LogP contribution in [-0.4, -0.2) is 0 Å². The maximum atomic E-state index is 9.54. The average Bonchev–Trinajstić information content (AvgIpc) is 2.47. The first-order valence-corrected chi connectivity index (χ1v) is 7.18. The largest absolute Gasteiger partial charge is 0.197 e. The van der Waals surface area contributed by atoms with E-state index in [0.29, 0.717) is 0 Å². The minimum atomic E-state index is -0.422.